The lowest BCUT2D eigenvalue weighted by molar-refractivity contribution is -0.134. The van der Waals surface area contributed by atoms with Crippen LogP contribution in [0.15, 0.2) is 73.2 Å². The minimum atomic E-state index is -0.770. The third kappa shape index (κ3) is 7.87. The van der Waals surface area contributed by atoms with Crippen molar-refractivity contribution in [3.05, 3.63) is 95.8 Å². The Morgan fingerprint density at radius 2 is 1.88 bits per heavy atom. The van der Waals surface area contributed by atoms with E-state index >= 15 is 0 Å². The molecule has 13 nitrogen and oxygen atoms in total. The second-order valence-corrected chi connectivity index (χ2v) is 12.8. The van der Waals surface area contributed by atoms with Crippen molar-refractivity contribution in [3.63, 3.8) is 0 Å². The fourth-order valence-corrected chi connectivity index (χ4v) is 6.41. The molecule has 4 amide bonds. The smallest absolute Gasteiger partial charge is 0.270 e. The first-order valence-electron chi connectivity index (χ1n) is 17.0. The predicted octanol–water partition coefficient (Wildman–Crippen LogP) is 4.21. The van der Waals surface area contributed by atoms with Crippen LogP contribution in [0.25, 0.3) is 22.0 Å². The number of hydrogen-bond acceptors (Lipinski definition) is 8. The minimum Gasteiger partial charge on any atom is -0.357 e. The maximum atomic E-state index is 13.0. The van der Waals surface area contributed by atoms with Gasteiger partial charge in [-0.15, -0.1) is 0 Å². The molecule has 0 bridgehead atoms. The Morgan fingerprint density at radius 1 is 1.02 bits per heavy atom. The highest BCUT2D eigenvalue weighted by molar-refractivity contribution is 6.05. The van der Waals surface area contributed by atoms with Crippen molar-refractivity contribution in [3.8, 4) is 23.0 Å². The number of aryl methyl sites for hydroxylation is 1. The highest BCUT2D eigenvalue weighted by Crippen LogP contribution is 2.32. The summed E-state index contributed by atoms with van der Waals surface area (Å²) >= 11 is 0. The van der Waals surface area contributed by atoms with Crippen LogP contribution in [0, 0.1) is 11.8 Å². The number of nitrogens with one attached hydrogen (secondary N) is 4. The van der Waals surface area contributed by atoms with Gasteiger partial charge in [0.25, 0.3) is 11.8 Å². The van der Waals surface area contributed by atoms with Crippen LogP contribution < -0.4 is 16.0 Å². The third-order valence-corrected chi connectivity index (χ3v) is 9.19. The number of rotatable bonds is 9. The van der Waals surface area contributed by atoms with Gasteiger partial charge in [0, 0.05) is 66.1 Å². The Labute approximate surface area is 294 Å². The number of piperidine rings is 1. The number of carbonyl (C=O) groups is 4. The molecule has 7 rings (SSSR count). The maximum Gasteiger partial charge on any atom is 0.270 e. The molecule has 0 unspecified atom stereocenters. The summed E-state index contributed by atoms with van der Waals surface area (Å²) in [5.41, 5.74) is 5.14. The lowest BCUT2D eigenvalue weighted by atomic mass is 10.1. The Morgan fingerprint density at radius 3 is 2.69 bits per heavy atom. The zero-order valence-electron chi connectivity index (χ0n) is 28.1. The third-order valence-electron chi connectivity index (χ3n) is 9.19. The van der Waals surface area contributed by atoms with Gasteiger partial charge in [-0.05, 0) is 81.1 Å². The molecule has 6 heterocycles. The Bertz CT molecular complexity index is 2180. The van der Waals surface area contributed by atoms with E-state index in [1.54, 1.807) is 42.7 Å². The minimum absolute atomic E-state index is 0.150. The van der Waals surface area contributed by atoms with Crippen LogP contribution in [0.5, 0.6) is 0 Å². The van der Waals surface area contributed by atoms with E-state index in [-0.39, 0.29) is 30.3 Å². The number of fused-ring (bicyclic) bond motifs is 1. The standard InChI is InChI=1S/C38H37N9O4/c1-46-17-6-10-33(46)32-19-26-21-39-34(20-31(26)42-32)44-36(49)25-13-11-24(12-14-25)27-22-40-47(23-27)18-4-2-3-7-28-8-5-9-29(41-28)37(50)43-30-15-16-35(48)45-38(30)51/h5,8-9,11-14,19-23,30,33,42H,2,4,6,10,15-18H2,1H3,(H,43,50)(H,39,44,49)(H,45,48,51)/t30-,33+/m0/s1. The zero-order chi connectivity index (χ0) is 35.3. The lowest BCUT2D eigenvalue weighted by Gasteiger charge is -2.21. The number of amides is 4. The number of likely N-dealkylation sites (tertiary alicyclic amines) is 1. The Hall–Kier alpha value is -6.13. The molecular weight excluding hydrogens is 646 g/mol. The number of benzene rings is 1. The first-order valence-corrected chi connectivity index (χ1v) is 17.0. The molecule has 1 aromatic carbocycles. The van der Waals surface area contributed by atoms with Gasteiger partial charge in [-0.3, -0.25) is 34.1 Å². The molecule has 51 heavy (non-hydrogen) atoms. The summed E-state index contributed by atoms with van der Waals surface area (Å²) in [4.78, 5) is 63.6. The van der Waals surface area contributed by atoms with Crippen LogP contribution in [-0.2, 0) is 16.1 Å². The van der Waals surface area contributed by atoms with Gasteiger partial charge in [0.05, 0.1) is 11.7 Å². The summed E-state index contributed by atoms with van der Waals surface area (Å²) in [7, 11) is 2.15. The van der Waals surface area contributed by atoms with Crippen molar-refractivity contribution >= 4 is 40.3 Å². The molecule has 0 radical (unpaired) electrons. The summed E-state index contributed by atoms with van der Waals surface area (Å²) in [5, 5.41) is 13.3. The topological polar surface area (TPSA) is 167 Å². The van der Waals surface area contributed by atoms with E-state index in [1.807, 2.05) is 29.1 Å². The zero-order valence-corrected chi connectivity index (χ0v) is 28.1. The van der Waals surface area contributed by atoms with Crippen LogP contribution in [-0.4, -0.2) is 72.9 Å². The number of nitrogens with zero attached hydrogens (tertiary/aromatic N) is 5. The van der Waals surface area contributed by atoms with Gasteiger partial charge in [-0.25, -0.2) is 9.97 Å². The van der Waals surface area contributed by atoms with E-state index < -0.39 is 17.9 Å². The van der Waals surface area contributed by atoms with E-state index in [1.165, 1.54) is 12.1 Å². The normalized spacial score (nSPS) is 17.5. The van der Waals surface area contributed by atoms with Crippen molar-refractivity contribution < 1.29 is 19.2 Å². The Balaban J connectivity index is 0.886. The molecule has 2 saturated heterocycles. The molecule has 0 spiro atoms. The van der Waals surface area contributed by atoms with Gasteiger partial charge < -0.3 is 15.6 Å². The second kappa shape index (κ2) is 14.8. The van der Waals surface area contributed by atoms with Crippen LogP contribution >= 0.6 is 0 Å². The lowest BCUT2D eigenvalue weighted by Crippen LogP contribution is -2.52. The molecular formula is C38H37N9O4. The fraction of sp³-hybridized carbons (Fsp3) is 0.289. The Kier molecular flexibility index (Phi) is 9.67. The molecule has 0 aliphatic carbocycles. The van der Waals surface area contributed by atoms with Crippen molar-refractivity contribution in [1.82, 2.24) is 40.3 Å². The maximum absolute atomic E-state index is 13.0. The van der Waals surface area contributed by atoms with E-state index in [4.69, 9.17) is 0 Å². The van der Waals surface area contributed by atoms with E-state index in [0.717, 1.165) is 41.4 Å². The van der Waals surface area contributed by atoms with Gasteiger partial charge in [0.15, 0.2) is 0 Å². The van der Waals surface area contributed by atoms with Gasteiger partial charge in [0.2, 0.25) is 11.8 Å². The van der Waals surface area contributed by atoms with Crippen molar-refractivity contribution in [2.75, 3.05) is 18.9 Å². The van der Waals surface area contributed by atoms with Crippen molar-refractivity contribution in [2.45, 2.75) is 57.2 Å². The van der Waals surface area contributed by atoms with Gasteiger partial charge in [0.1, 0.15) is 23.2 Å². The summed E-state index contributed by atoms with van der Waals surface area (Å²) in [6.45, 7) is 1.75. The highest BCUT2D eigenvalue weighted by atomic mass is 16.2. The monoisotopic (exact) mass is 683 g/mol. The quantitative estimate of drug-likeness (QED) is 0.102. The fourth-order valence-electron chi connectivity index (χ4n) is 6.41. The molecule has 13 heteroatoms. The molecule has 4 N–H and O–H groups in total. The van der Waals surface area contributed by atoms with Crippen molar-refractivity contribution in [2.24, 2.45) is 0 Å². The molecule has 258 valence electrons. The first kappa shape index (κ1) is 33.4. The van der Waals surface area contributed by atoms with Crippen LogP contribution in [0.3, 0.4) is 0 Å². The number of aromatic amines is 1. The largest absolute Gasteiger partial charge is 0.357 e. The van der Waals surface area contributed by atoms with E-state index in [0.29, 0.717) is 36.1 Å². The highest BCUT2D eigenvalue weighted by Gasteiger charge is 2.28. The van der Waals surface area contributed by atoms with E-state index in [2.05, 4.69) is 65.9 Å². The number of carbonyl (C=O) groups excluding carboxylic acids is 4. The summed E-state index contributed by atoms with van der Waals surface area (Å²) in [6, 6.07) is 16.0. The molecule has 4 aromatic heterocycles. The van der Waals surface area contributed by atoms with E-state index in [9.17, 15) is 19.2 Å². The summed E-state index contributed by atoms with van der Waals surface area (Å²) in [5.74, 6) is 4.99. The number of aromatic nitrogens is 5. The molecule has 2 fully saturated rings. The van der Waals surface area contributed by atoms with Gasteiger partial charge in [-0.1, -0.05) is 24.1 Å². The van der Waals surface area contributed by atoms with Gasteiger partial charge in [-0.2, -0.15) is 5.10 Å². The summed E-state index contributed by atoms with van der Waals surface area (Å²) in [6.07, 6.45) is 9.64. The number of H-pyrrole nitrogens is 1. The number of pyridine rings is 2. The SMILES string of the molecule is CN1CCC[C@@H]1c1cc2cnc(NC(=O)c3ccc(-c4cnn(CCCC#Cc5cccc(C(=O)N[C@H]6CCC(=O)NC6=O)n5)c4)cc3)cc2[nH]1. The molecule has 2 aliphatic heterocycles. The van der Waals surface area contributed by atoms with Crippen LogP contribution in [0.1, 0.15) is 76.8 Å². The number of unbranched alkanes of at least 4 members (excludes halogenated alkanes) is 1. The average molecular weight is 684 g/mol. The average Bonchev–Trinajstić information content (AvgIpc) is 3.89. The second-order valence-electron chi connectivity index (χ2n) is 12.8. The molecule has 5 aromatic rings. The van der Waals surface area contributed by atoms with Gasteiger partial charge >= 0.3 is 0 Å². The number of imide groups is 1. The number of anilines is 1. The molecule has 2 atom stereocenters. The number of hydrogen-bond donors (Lipinski definition) is 4. The van der Waals surface area contributed by atoms with Crippen molar-refractivity contribution in [1.29, 1.82) is 0 Å². The first-order chi connectivity index (χ1) is 24.8. The predicted molar refractivity (Wildman–Crippen MR) is 190 cm³/mol. The summed E-state index contributed by atoms with van der Waals surface area (Å²) < 4.78 is 1.86. The molecule has 2 aliphatic rings. The van der Waals surface area contributed by atoms with Crippen LogP contribution in [0.4, 0.5) is 5.82 Å². The van der Waals surface area contributed by atoms with Crippen LogP contribution in [0.2, 0.25) is 0 Å². The molecule has 0 saturated carbocycles.